The molecule has 2 atom stereocenters. The van der Waals surface area contributed by atoms with Crippen LogP contribution in [0.25, 0.3) is 0 Å². The lowest BCUT2D eigenvalue weighted by Crippen LogP contribution is -2.91. The van der Waals surface area contributed by atoms with E-state index in [1.165, 1.54) is 5.56 Å². The van der Waals surface area contributed by atoms with Gasteiger partial charge in [-0.2, -0.15) is 0 Å². The number of aryl methyl sites for hydroxylation is 1. The van der Waals surface area contributed by atoms with Gasteiger partial charge >= 0.3 is 0 Å². The Bertz CT molecular complexity index is 655. The Labute approximate surface area is 143 Å². The summed E-state index contributed by atoms with van der Waals surface area (Å²) < 4.78 is 0. The van der Waals surface area contributed by atoms with Gasteiger partial charge in [0.15, 0.2) is 6.04 Å². The number of amides is 1. The number of halogens is 1. The molecule has 0 saturated heterocycles. The number of benzene rings is 2. The number of hydrogen-bond donors (Lipinski definition) is 2. The molecule has 0 aliphatic rings. The van der Waals surface area contributed by atoms with Crippen molar-refractivity contribution in [3.63, 3.8) is 0 Å². The minimum atomic E-state index is -0.202. The van der Waals surface area contributed by atoms with Crippen molar-refractivity contribution in [1.29, 1.82) is 0 Å². The van der Waals surface area contributed by atoms with Crippen molar-refractivity contribution in [1.82, 2.24) is 0 Å². The Balaban J connectivity index is 1.95. The molecule has 3 nitrogen and oxygen atoms in total. The van der Waals surface area contributed by atoms with Gasteiger partial charge in [0.1, 0.15) is 6.04 Å². The number of nitrogens with two attached hydrogens (primary N) is 1. The van der Waals surface area contributed by atoms with Gasteiger partial charge in [0.05, 0.1) is 0 Å². The number of quaternary nitrogens is 1. The van der Waals surface area contributed by atoms with Crippen LogP contribution >= 0.6 is 11.6 Å². The van der Waals surface area contributed by atoms with Crippen LogP contribution in [-0.4, -0.2) is 11.9 Å². The van der Waals surface area contributed by atoms with Crippen molar-refractivity contribution in [2.75, 3.05) is 5.32 Å². The third-order valence-electron chi connectivity index (χ3n) is 4.02. The highest BCUT2D eigenvalue weighted by Gasteiger charge is 2.21. The standard InChI is InChI=1S/C19H23ClN2O/c1-4-15-9-11-16(12-10-15)22-19(23)14(3)21-13(2)17-7-5-6-8-18(17)20/h5-14,21H,4H2,1-3H3,(H,22,23)/p+1/t13-,14-/m1/s1. The molecule has 3 N–H and O–H groups in total. The zero-order valence-electron chi connectivity index (χ0n) is 13.8. The summed E-state index contributed by atoms with van der Waals surface area (Å²) in [5.41, 5.74) is 3.13. The molecule has 122 valence electrons. The molecule has 2 aromatic carbocycles. The summed E-state index contributed by atoms with van der Waals surface area (Å²) in [4.78, 5) is 12.3. The second-order valence-corrected chi connectivity index (χ2v) is 6.24. The van der Waals surface area contributed by atoms with Crippen molar-refractivity contribution in [3.05, 3.63) is 64.7 Å². The van der Waals surface area contributed by atoms with E-state index in [1.807, 2.05) is 60.8 Å². The predicted octanol–water partition coefficient (Wildman–Crippen LogP) is 3.55. The largest absolute Gasteiger partial charge is 0.330 e. The molecule has 23 heavy (non-hydrogen) atoms. The molecule has 2 rings (SSSR count). The van der Waals surface area contributed by atoms with E-state index in [0.29, 0.717) is 0 Å². The van der Waals surface area contributed by atoms with Crippen molar-refractivity contribution < 1.29 is 10.1 Å². The van der Waals surface area contributed by atoms with Crippen LogP contribution < -0.4 is 10.6 Å². The Kier molecular flexibility index (Phi) is 6.20. The highest BCUT2D eigenvalue weighted by atomic mass is 35.5. The van der Waals surface area contributed by atoms with Gasteiger partial charge in [-0.05, 0) is 44.0 Å². The molecule has 0 unspecified atom stereocenters. The second-order valence-electron chi connectivity index (χ2n) is 5.83. The van der Waals surface area contributed by atoms with Gasteiger partial charge in [0.25, 0.3) is 5.91 Å². The average molecular weight is 332 g/mol. The maximum Gasteiger partial charge on any atom is 0.282 e. The predicted molar refractivity (Wildman–Crippen MR) is 95.7 cm³/mol. The van der Waals surface area contributed by atoms with Gasteiger partial charge in [-0.15, -0.1) is 0 Å². The van der Waals surface area contributed by atoms with E-state index in [9.17, 15) is 4.79 Å². The van der Waals surface area contributed by atoms with Gasteiger partial charge in [-0.3, -0.25) is 4.79 Å². The first-order valence-corrected chi connectivity index (χ1v) is 8.38. The van der Waals surface area contributed by atoms with Gasteiger partial charge in [0.2, 0.25) is 0 Å². The fourth-order valence-electron chi connectivity index (χ4n) is 2.55. The summed E-state index contributed by atoms with van der Waals surface area (Å²) in [6.07, 6.45) is 0.994. The van der Waals surface area contributed by atoms with E-state index in [1.54, 1.807) is 0 Å². The number of hydrogen-bond acceptors (Lipinski definition) is 1. The molecule has 0 fully saturated rings. The highest BCUT2D eigenvalue weighted by molar-refractivity contribution is 6.31. The number of nitrogens with one attached hydrogen (secondary N) is 1. The molecule has 0 saturated carbocycles. The van der Waals surface area contributed by atoms with Crippen LogP contribution in [0.4, 0.5) is 5.69 Å². The van der Waals surface area contributed by atoms with Gasteiger partial charge in [-0.25, -0.2) is 0 Å². The van der Waals surface area contributed by atoms with Crippen LogP contribution in [0.15, 0.2) is 48.5 Å². The smallest absolute Gasteiger partial charge is 0.282 e. The fraction of sp³-hybridized carbons (Fsp3) is 0.316. The summed E-state index contributed by atoms with van der Waals surface area (Å²) in [6, 6.07) is 15.6. The maximum absolute atomic E-state index is 12.3. The number of carbonyl (C=O) groups is 1. The summed E-state index contributed by atoms with van der Waals surface area (Å²) in [7, 11) is 0. The van der Waals surface area contributed by atoms with Crippen LogP contribution in [0, 0.1) is 0 Å². The maximum atomic E-state index is 12.3. The second kappa shape index (κ2) is 8.14. The van der Waals surface area contributed by atoms with E-state index in [-0.39, 0.29) is 18.0 Å². The van der Waals surface area contributed by atoms with Crippen LogP contribution in [0.2, 0.25) is 5.02 Å². The summed E-state index contributed by atoms with van der Waals surface area (Å²) in [5, 5.41) is 5.72. The Morgan fingerprint density at radius 3 is 2.39 bits per heavy atom. The zero-order valence-corrected chi connectivity index (χ0v) is 14.6. The quantitative estimate of drug-likeness (QED) is 0.835. The van der Waals surface area contributed by atoms with Gasteiger partial charge in [-0.1, -0.05) is 48.9 Å². The van der Waals surface area contributed by atoms with Gasteiger partial charge < -0.3 is 10.6 Å². The highest BCUT2D eigenvalue weighted by Crippen LogP contribution is 2.19. The number of rotatable bonds is 6. The third-order valence-corrected chi connectivity index (χ3v) is 4.36. The lowest BCUT2D eigenvalue weighted by molar-refractivity contribution is -0.709. The Morgan fingerprint density at radius 2 is 1.78 bits per heavy atom. The first-order valence-electron chi connectivity index (χ1n) is 8.00. The molecular weight excluding hydrogens is 308 g/mol. The monoisotopic (exact) mass is 331 g/mol. The van der Waals surface area contributed by atoms with Crippen LogP contribution in [0.1, 0.15) is 37.9 Å². The Morgan fingerprint density at radius 1 is 1.13 bits per heavy atom. The molecule has 0 spiro atoms. The molecule has 0 bridgehead atoms. The molecular formula is C19H24ClN2O+. The average Bonchev–Trinajstić information content (AvgIpc) is 2.55. The van der Waals surface area contributed by atoms with E-state index in [0.717, 1.165) is 22.7 Å². The van der Waals surface area contributed by atoms with Crippen LogP contribution in [-0.2, 0) is 11.2 Å². The molecule has 0 aliphatic heterocycles. The summed E-state index contributed by atoms with van der Waals surface area (Å²) in [6.45, 7) is 6.07. The molecule has 4 heteroatoms. The number of anilines is 1. The molecule has 0 heterocycles. The molecule has 0 radical (unpaired) electrons. The zero-order chi connectivity index (χ0) is 16.8. The van der Waals surface area contributed by atoms with Crippen LogP contribution in [0.3, 0.4) is 0 Å². The van der Waals surface area contributed by atoms with Crippen molar-refractivity contribution in [2.24, 2.45) is 0 Å². The lowest BCUT2D eigenvalue weighted by Gasteiger charge is -2.17. The Hall–Kier alpha value is -1.84. The normalized spacial score (nSPS) is 13.4. The van der Waals surface area contributed by atoms with E-state index in [2.05, 4.69) is 19.2 Å². The molecule has 1 amide bonds. The first-order chi connectivity index (χ1) is 11.0. The molecule has 0 aromatic heterocycles. The summed E-state index contributed by atoms with van der Waals surface area (Å²) in [5.74, 6) is -0.00634. The lowest BCUT2D eigenvalue weighted by atomic mass is 10.1. The van der Waals surface area contributed by atoms with Gasteiger partial charge in [0, 0.05) is 16.3 Å². The molecule has 0 aliphatic carbocycles. The molecule has 2 aromatic rings. The fourth-order valence-corrected chi connectivity index (χ4v) is 2.86. The first kappa shape index (κ1) is 17.5. The van der Waals surface area contributed by atoms with E-state index >= 15 is 0 Å². The van der Waals surface area contributed by atoms with Crippen molar-refractivity contribution in [3.8, 4) is 0 Å². The number of carbonyl (C=O) groups excluding carboxylic acids is 1. The van der Waals surface area contributed by atoms with E-state index in [4.69, 9.17) is 11.6 Å². The van der Waals surface area contributed by atoms with Crippen molar-refractivity contribution in [2.45, 2.75) is 39.3 Å². The van der Waals surface area contributed by atoms with Crippen molar-refractivity contribution >= 4 is 23.2 Å². The summed E-state index contributed by atoms with van der Waals surface area (Å²) >= 11 is 6.22. The third kappa shape index (κ3) is 4.81. The van der Waals surface area contributed by atoms with Crippen LogP contribution in [0.5, 0.6) is 0 Å². The minimum Gasteiger partial charge on any atom is -0.330 e. The minimum absolute atomic E-state index is 0.00634. The topological polar surface area (TPSA) is 45.7 Å². The van der Waals surface area contributed by atoms with E-state index < -0.39 is 0 Å². The SMILES string of the molecule is CCc1ccc(NC(=O)[C@@H](C)[NH2+][C@H](C)c2ccccc2Cl)cc1.